The van der Waals surface area contributed by atoms with Crippen LogP contribution in [0.15, 0.2) is 0 Å². The molecule has 1 unspecified atom stereocenters. The molecular weight excluding hydrogens is 186 g/mol. The molecule has 0 aromatic carbocycles. The van der Waals surface area contributed by atoms with E-state index in [9.17, 15) is 4.79 Å². The monoisotopic (exact) mass is 207 g/mol. The number of methoxy groups -OCH3 is 1. The Morgan fingerprint density at radius 1 is 1.50 bits per heavy atom. The van der Waals surface area contributed by atoms with E-state index < -0.39 is 11.7 Å². The average Bonchev–Trinajstić information content (AvgIpc) is 1.99. The molecule has 1 amide bonds. The van der Waals surface area contributed by atoms with Crippen LogP contribution < -0.4 is 5.73 Å². The van der Waals surface area contributed by atoms with Crippen molar-refractivity contribution in [2.45, 2.75) is 39.4 Å². The molecule has 5 nitrogen and oxygen atoms in total. The maximum atomic E-state index is 10.0. The topological polar surface area (TPSA) is 81.8 Å². The number of carbonyl (C=O) groups excluding carboxylic acids is 1. The Labute approximate surface area is 85.2 Å². The van der Waals surface area contributed by atoms with Crippen LogP contribution in [0.5, 0.6) is 0 Å². The van der Waals surface area contributed by atoms with Crippen molar-refractivity contribution in [1.82, 2.24) is 0 Å². The third-order valence-electron chi connectivity index (χ3n) is 1.07. The zero-order valence-electron chi connectivity index (χ0n) is 9.53. The molecule has 0 saturated carbocycles. The first-order chi connectivity index (χ1) is 6.22. The van der Waals surface area contributed by atoms with Crippen molar-refractivity contribution in [2.24, 2.45) is 5.73 Å². The van der Waals surface area contributed by atoms with Gasteiger partial charge in [-0.25, -0.2) is 4.79 Å². The molecular formula is C9H21NO4. The highest BCUT2D eigenvalue weighted by molar-refractivity contribution is 5.65. The summed E-state index contributed by atoms with van der Waals surface area (Å²) >= 11 is 0. The second-order valence-corrected chi connectivity index (χ2v) is 3.76. The van der Waals surface area contributed by atoms with Gasteiger partial charge in [-0.05, 0) is 27.7 Å². The largest absolute Gasteiger partial charge is 0.444 e. The summed E-state index contributed by atoms with van der Waals surface area (Å²) in [6, 6.07) is 0. The van der Waals surface area contributed by atoms with E-state index >= 15 is 0 Å². The first kappa shape index (κ1) is 15.7. The first-order valence-corrected chi connectivity index (χ1v) is 4.35. The summed E-state index contributed by atoms with van der Waals surface area (Å²) in [5, 5.41) is 8.21. The number of rotatable bonds is 2. The highest BCUT2D eigenvalue weighted by Crippen LogP contribution is 2.04. The third kappa shape index (κ3) is 17.3. The van der Waals surface area contributed by atoms with Crippen molar-refractivity contribution in [3.8, 4) is 0 Å². The molecule has 0 saturated heterocycles. The van der Waals surface area contributed by atoms with Gasteiger partial charge in [0, 0.05) is 7.11 Å². The maximum Gasteiger partial charge on any atom is 0.405 e. The highest BCUT2D eigenvalue weighted by atomic mass is 16.6. The van der Waals surface area contributed by atoms with Gasteiger partial charge >= 0.3 is 6.09 Å². The summed E-state index contributed by atoms with van der Waals surface area (Å²) in [5.74, 6) is 0. The Morgan fingerprint density at radius 3 is 1.93 bits per heavy atom. The van der Waals surface area contributed by atoms with Crippen LogP contribution in [0, 0.1) is 0 Å². The van der Waals surface area contributed by atoms with Gasteiger partial charge in [0.1, 0.15) is 5.60 Å². The molecule has 3 N–H and O–H groups in total. The predicted molar refractivity (Wildman–Crippen MR) is 54.0 cm³/mol. The molecule has 0 aliphatic rings. The number of aliphatic hydroxyl groups excluding tert-OH is 1. The number of nitrogens with two attached hydrogens (primary N) is 1. The van der Waals surface area contributed by atoms with E-state index in [1.807, 2.05) is 0 Å². The number of aliphatic hydroxyl groups is 1. The Kier molecular flexibility index (Phi) is 8.48. The maximum absolute atomic E-state index is 10.0. The first-order valence-electron chi connectivity index (χ1n) is 4.35. The lowest BCUT2D eigenvalue weighted by Gasteiger charge is -2.16. The minimum atomic E-state index is -0.725. The van der Waals surface area contributed by atoms with Gasteiger partial charge < -0.3 is 20.3 Å². The lowest BCUT2D eigenvalue weighted by molar-refractivity contribution is 0.0600. The van der Waals surface area contributed by atoms with Crippen molar-refractivity contribution in [3.63, 3.8) is 0 Å². The number of carbonyl (C=O) groups is 1. The fourth-order valence-corrected chi connectivity index (χ4v) is 0.376. The quantitative estimate of drug-likeness (QED) is 0.704. The van der Waals surface area contributed by atoms with E-state index in [1.54, 1.807) is 34.8 Å². The van der Waals surface area contributed by atoms with E-state index in [1.165, 1.54) is 0 Å². The summed E-state index contributed by atoms with van der Waals surface area (Å²) in [5.41, 5.74) is 4.26. The summed E-state index contributed by atoms with van der Waals surface area (Å²) in [6.45, 7) is 7.20. The summed E-state index contributed by atoms with van der Waals surface area (Å²) in [7, 11) is 1.57. The van der Waals surface area contributed by atoms with Gasteiger partial charge in [-0.3, -0.25) is 0 Å². The fourth-order valence-electron chi connectivity index (χ4n) is 0.376. The second kappa shape index (κ2) is 7.58. The molecule has 0 aliphatic carbocycles. The predicted octanol–water partition coefficient (Wildman–Crippen LogP) is 0.894. The SMILES string of the molecule is CC(C)(C)OC(N)=O.COC(C)CO. The van der Waals surface area contributed by atoms with Gasteiger partial charge in [0.15, 0.2) is 0 Å². The van der Waals surface area contributed by atoms with Crippen LogP contribution in [0.2, 0.25) is 0 Å². The molecule has 0 aromatic heterocycles. The standard InChI is InChI=1S/C5H11NO2.C4H10O2/c1-5(2,3)8-4(6)7;1-4(3-5)6-2/h1-3H3,(H2,6,7);4-5H,3H2,1-2H3. The van der Waals surface area contributed by atoms with Crippen LogP contribution in [0.4, 0.5) is 4.79 Å². The van der Waals surface area contributed by atoms with Gasteiger partial charge in [-0.1, -0.05) is 0 Å². The van der Waals surface area contributed by atoms with E-state index in [-0.39, 0.29) is 12.7 Å². The van der Waals surface area contributed by atoms with Crippen LogP contribution in [0.1, 0.15) is 27.7 Å². The van der Waals surface area contributed by atoms with Crippen LogP contribution >= 0.6 is 0 Å². The van der Waals surface area contributed by atoms with Crippen LogP contribution in [0.25, 0.3) is 0 Å². The van der Waals surface area contributed by atoms with Crippen molar-refractivity contribution >= 4 is 6.09 Å². The smallest absolute Gasteiger partial charge is 0.405 e. The van der Waals surface area contributed by atoms with Gasteiger partial charge in [0.25, 0.3) is 0 Å². The van der Waals surface area contributed by atoms with Crippen LogP contribution in [-0.4, -0.2) is 36.6 Å². The molecule has 0 aliphatic heterocycles. The van der Waals surface area contributed by atoms with Crippen LogP contribution in [-0.2, 0) is 9.47 Å². The number of hydrogen-bond donors (Lipinski definition) is 2. The molecule has 0 bridgehead atoms. The minimum Gasteiger partial charge on any atom is -0.444 e. The Morgan fingerprint density at radius 2 is 1.93 bits per heavy atom. The molecule has 0 radical (unpaired) electrons. The number of ether oxygens (including phenoxy) is 2. The van der Waals surface area contributed by atoms with E-state index in [0.717, 1.165) is 0 Å². The van der Waals surface area contributed by atoms with Crippen LogP contribution in [0.3, 0.4) is 0 Å². The minimum absolute atomic E-state index is 0.00926. The van der Waals surface area contributed by atoms with E-state index in [2.05, 4.69) is 9.47 Å². The highest BCUT2D eigenvalue weighted by Gasteiger charge is 2.12. The van der Waals surface area contributed by atoms with Gasteiger partial charge in [-0.15, -0.1) is 0 Å². The van der Waals surface area contributed by atoms with Crippen molar-refractivity contribution in [1.29, 1.82) is 0 Å². The summed E-state index contributed by atoms with van der Waals surface area (Å²) in [6.07, 6.45) is -0.734. The zero-order valence-corrected chi connectivity index (χ0v) is 9.53. The molecule has 1 atom stereocenters. The number of hydrogen-bond acceptors (Lipinski definition) is 4. The third-order valence-corrected chi connectivity index (χ3v) is 1.07. The Hall–Kier alpha value is -0.810. The summed E-state index contributed by atoms with van der Waals surface area (Å²) in [4.78, 5) is 10.0. The molecule has 0 fully saturated rings. The van der Waals surface area contributed by atoms with Crippen molar-refractivity contribution < 1.29 is 19.4 Å². The van der Waals surface area contributed by atoms with Gasteiger partial charge in [0.2, 0.25) is 0 Å². The zero-order chi connectivity index (χ0) is 11.8. The molecule has 14 heavy (non-hydrogen) atoms. The van der Waals surface area contributed by atoms with Gasteiger partial charge in [-0.2, -0.15) is 0 Å². The molecule has 5 heteroatoms. The van der Waals surface area contributed by atoms with E-state index in [4.69, 9.17) is 10.8 Å². The van der Waals surface area contributed by atoms with Gasteiger partial charge in [0.05, 0.1) is 12.7 Å². The average molecular weight is 207 g/mol. The molecule has 0 aromatic rings. The molecule has 0 heterocycles. The summed E-state index contributed by atoms with van der Waals surface area (Å²) < 4.78 is 9.23. The van der Waals surface area contributed by atoms with Crippen molar-refractivity contribution in [3.05, 3.63) is 0 Å². The number of amides is 1. The van der Waals surface area contributed by atoms with E-state index in [0.29, 0.717) is 0 Å². The fraction of sp³-hybridized carbons (Fsp3) is 0.889. The molecule has 0 rings (SSSR count). The Bertz CT molecular complexity index is 149. The lowest BCUT2D eigenvalue weighted by atomic mass is 10.2. The Balaban J connectivity index is 0. The lowest BCUT2D eigenvalue weighted by Crippen LogP contribution is -2.27. The second-order valence-electron chi connectivity index (χ2n) is 3.76. The molecule has 0 spiro atoms. The molecule has 86 valence electrons. The number of primary amides is 1. The normalized spacial score (nSPS) is 12.4. The van der Waals surface area contributed by atoms with Crippen molar-refractivity contribution in [2.75, 3.05) is 13.7 Å².